The molecule has 0 aliphatic rings. The van der Waals surface area contributed by atoms with Crippen LogP contribution in [-0.4, -0.2) is 23.5 Å². The molecule has 0 heterocycles. The minimum Gasteiger partial charge on any atom is -0.481 e. The van der Waals surface area contributed by atoms with Crippen LogP contribution in [0.2, 0.25) is 0 Å². The first-order chi connectivity index (χ1) is 7.99. The zero-order valence-corrected chi connectivity index (χ0v) is 10.1. The molecule has 2 N–H and O–H groups in total. The lowest BCUT2D eigenvalue weighted by Crippen LogP contribution is -2.27. The molecule has 1 rings (SSSR count). The van der Waals surface area contributed by atoms with Crippen molar-refractivity contribution in [3.05, 3.63) is 34.9 Å². The first-order valence-electron chi connectivity index (χ1n) is 5.53. The molecule has 0 aliphatic heterocycles. The molecule has 0 saturated heterocycles. The van der Waals surface area contributed by atoms with Gasteiger partial charge in [-0.1, -0.05) is 23.8 Å². The Labute approximate surface area is 101 Å². The number of benzene rings is 1. The lowest BCUT2D eigenvalue weighted by molar-refractivity contribution is -0.140. The molecule has 1 amide bonds. The van der Waals surface area contributed by atoms with Crippen molar-refractivity contribution in [2.45, 2.75) is 26.7 Å². The van der Waals surface area contributed by atoms with Gasteiger partial charge in [-0.3, -0.25) is 9.59 Å². The lowest BCUT2D eigenvalue weighted by atomic mass is 10.0. The molecular weight excluding hydrogens is 218 g/mol. The van der Waals surface area contributed by atoms with Gasteiger partial charge in [-0.05, 0) is 31.4 Å². The number of aliphatic carboxylic acids is 1. The molecule has 0 saturated carbocycles. The topological polar surface area (TPSA) is 66.4 Å². The second-order valence-corrected chi connectivity index (χ2v) is 4.10. The Bertz CT molecular complexity index is 427. The van der Waals surface area contributed by atoms with Gasteiger partial charge in [0.05, 0.1) is 0 Å². The molecule has 92 valence electrons. The van der Waals surface area contributed by atoms with Crippen molar-refractivity contribution in [3.63, 3.8) is 0 Å². The molecule has 4 nitrogen and oxygen atoms in total. The standard InChI is InChI=1S/C13H17NO3/c1-9-3-4-10(2)11(7-9)5-6-14-12(15)8-13(16)17/h3-4,7H,5-6,8H2,1-2H3,(H,14,15)(H,16,17). The Morgan fingerprint density at radius 3 is 2.65 bits per heavy atom. The van der Waals surface area contributed by atoms with Crippen LogP contribution in [0.3, 0.4) is 0 Å². The number of aryl methyl sites for hydroxylation is 2. The van der Waals surface area contributed by atoms with E-state index < -0.39 is 18.3 Å². The van der Waals surface area contributed by atoms with E-state index in [9.17, 15) is 9.59 Å². The van der Waals surface area contributed by atoms with Gasteiger partial charge >= 0.3 is 5.97 Å². The number of rotatable bonds is 5. The Kier molecular flexibility index (Phi) is 4.69. The second-order valence-electron chi connectivity index (χ2n) is 4.10. The van der Waals surface area contributed by atoms with Crippen molar-refractivity contribution < 1.29 is 14.7 Å². The highest BCUT2D eigenvalue weighted by atomic mass is 16.4. The van der Waals surface area contributed by atoms with Gasteiger partial charge in [0.2, 0.25) is 5.91 Å². The minimum absolute atomic E-state index is 0.442. The van der Waals surface area contributed by atoms with Crippen molar-refractivity contribution >= 4 is 11.9 Å². The summed E-state index contributed by atoms with van der Waals surface area (Å²) >= 11 is 0. The van der Waals surface area contributed by atoms with E-state index in [1.54, 1.807) is 0 Å². The maximum Gasteiger partial charge on any atom is 0.312 e. The van der Waals surface area contributed by atoms with Gasteiger partial charge in [0.15, 0.2) is 0 Å². The highest BCUT2D eigenvalue weighted by Gasteiger charge is 2.06. The van der Waals surface area contributed by atoms with Gasteiger partial charge in [0, 0.05) is 6.54 Å². The van der Waals surface area contributed by atoms with Crippen LogP contribution in [0, 0.1) is 13.8 Å². The van der Waals surface area contributed by atoms with Crippen LogP contribution in [0.25, 0.3) is 0 Å². The van der Waals surface area contributed by atoms with Crippen LogP contribution in [0.15, 0.2) is 18.2 Å². The van der Waals surface area contributed by atoms with E-state index in [-0.39, 0.29) is 0 Å². The third-order valence-corrected chi connectivity index (χ3v) is 2.53. The molecule has 4 heteroatoms. The summed E-state index contributed by atoms with van der Waals surface area (Å²) in [6, 6.07) is 6.17. The number of carbonyl (C=O) groups excluding carboxylic acids is 1. The summed E-state index contributed by atoms with van der Waals surface area (Å²) < 4.78 is 0. The molecule has 0 fully saturated rings. The number of carboxylic acids is 1. The number of amides is 1. The molecule has 0 atom stereocenters. The Hall–Kier alpha value is -1.84. The summed E-state index contributed by atoms with van der Waals surface area (Å²) in [5.41, 5.74) is 3.55. The minimum atomic E-state index is -1.10. The van der Waals surface area contributed by atoms with Crippen LogP contribution in [0.5, 0.6) is 0 Å². The van der Waals surface area contributed by atoms with Gasteiger partial charge < -0.3 is 10.4 Å². The number of carbonyl (C=O) groups is 2. The third-order valence-electron chi connectivity index (χ3n) is 2.53. The zero-order chi connectivity index (χ0) is 12.8. The first kappa shape index (κ1) is 13.2. The van der Waals surface area contributed by atoms with E-state index in [1.165, 1.54) is 16.7 Å². The fourth-order valence-corrected chi connectivity index (χ4v) is 1.61. The summed E-state index contributed by atoms with van der Waals surface area (Å²) in [6.07, 6.45) is 0.256. The second kappa shape index (κ2) is 6.03. The summed E-state index contributed by atoms with van der Waals surface area (Å²) in [4.78, 5) is 21.4. The Balaban J connectivity index is 2.43. The Morgan fingerprint density at radius 1 is 1.29 bits per heavy atom. The predicted octanol–water partition coefficient (Wildman–Crippen LogP) is 1.44. The SMILES string of the molecule is Cc1ccc(C)c(CCNC(=O)CC(=O)O)c1. The van der Waals surface area contributed by atoms with E-state index in [0.29, 0.717) is 6.54 Å². The molecule has 1 aromatic carbocycles. The van der Waals surface area contributed by atoms with E-state index in [4.69, 9.17) is 5.11 Å². The van der Waals surface area contributed by atoms with Crippen LogP contribution in [0.4, 0.5) is 0 Å². The molecule has 0 spiro atoms. The van der Waals surface area contributed by atoms with Gasteiger partial charge in [0.1, 0.15) is 6.42 Å². The normalized spacial score (nSPS) is 10.0. The predicted molar refractivity (Wildman–Crippen MR) is 64.9 cm³/mol. The van der Waals surface area contributed by atoms with Crippen LogP contribution in [0.1, 0.15) is 23.1 Å². The summed E-state index contributed by atoms with van der Waals surface area (Å²) in [7, 11) is 0. The molecule has 1 aromatic rings. The fraction of sp³-hybridized carbons (Fsp3) is 0.385. The van der Waals surface area contributed by atoms with E-state index in [2.05, 4.69) is 11.4 Å². The first-order valence-corrected chi connectivity index (χ1v) is 5.53. The molecule has 0 unspecified atom stereocenters. The quantitative estimate of drug-likeness (QED) is 0.759. The monoisotopic (exact) mass is 235 g/mol. The van der Waals surface area contributed by atoms with Crippen molar-refractivity contribution in [1.82, 2.24) is 5.32 Å². The number of nitrogens with one attached hydrogen (secondary N) is 1. The average Bonchev–Trinajstić information content (AvgIpc) is 2.22. The van der Waals surface area contributed by atoms with E-state index in [0.717, 1.165) is 6.42 Å². The van der Waals surface area contributed by atoms with Gasteiger partial charge in [-0.25, -0.2) is 0 Å². The average molecular weight is 235 g/mol. The molecular formula is C13H17NO3. The van der Waals surface area contributed by atoms with Gasteiger partial charge in [-0.15, -0.1) is 0 Å². The molecule has 0 radical (unpaired) electrons. The molecule has 0 bridgehead atoms. The highest BCUT2D eigenvalue weighted by Crippen LogP contribution is 2.10. The van der Waals surface area contributed by atoms with E-state index in [1.807, 2.05) is 26.0 Å². The summed E-state index contributed by atoms with van der Waals surface area (Å²) in [6.45, 7) is 4.51. The zero-order valence-electron chi connectivity index (χ0n) is 10.1. The van der Waals surface area contributed by atoms with Crippen LogP contribution < -0.4 is 5.32 Å². The van der Waals surface area contributed by atoms with Crippen molar-refractivity contribution in [3.8, 4) is 0 Å². The molecule has 17 heavy (non-hydrogen) atoms. The smallest absolute Gasteiger partial charge is 0.312 e. The Morgan fingerprint density at radius 2 is 2.00 bits per heavy atom. The number of hydrogen-bond donors (Lipinski definition) is 2. The van der Waals surface area contributed by atoms with Crippen LogP contribution >= 0.6 is 0 Å². The maximum absolute atomic E-state index is 11.1. The summed E-state index contributed by atoms with van der Waals surface area (Å²) in [5, 5.41) is 11.0. The summed E-state index contributed by atoms with van der Waals surface area (Å²) in [5.74, 6) is -1.54. The van der Waals surface area contributed by atoms with Gasteiger partial charge in [-0.2, -0.15) is 0 Å². The number of hydrogen-bond acceptors (Lipinski definition) is 2. The largest absolute Gasteiger partial charge is 0.481 e. The van der Waals surface area contributed by atoms with Crippen molar-refractivity contribution in [1.29, 1.82) is 0 Å². The highest BCUT2D eigenvalue weighted by molar-refractivity contribution is 5.93. The van der Waals surface area contributed by atoms with Crippen molar-refractivity contribution in [2.75, 3.05) is 6.54 Å². The maximum atomic E-state index is 11.1. The van der Waals surface area contributed by atoms with E-state index >= 15 is 0 Å². The lowest BCUT2D eigenvalue weighted by Gasteiger charge is -2.08. The van der Waals surface area contributed by atoms with Crippen molar-refractivity contribution in [2.24, 2.45) is 0 Å². The third kappa shape index (κ3) is 4.68. The molecule has 0 aliphatic carbocycles. The van der Waals surface area contributed by atoms with Gasteiger partial charge in [0.25, 0.3) is 0 Å². The number of carboxylic acid groups (broad SMARTS) is 1. The fourth-order valence-electron chi connectivity index (χ4n) is 1.61. The van der Waals surface area contributed by atoms with Crippen LogP contribution in [-0.2, 0) is 16.0 Å². The molecule has 0 aromatic heterocycles.